The van der Waals surface area contributed by atoms with E-state index >= 15 is 0 Å². The lowest BCUT2D eigenvalue weighted by Crippen LogP contribution is -2.13. The highest BCUT2D eigenvalue weighted by Crippen LogP contribution is 2.15. The van der Waals surface area contributed by atoms with Gasteiger partial charge in [-0.1, -0.05) is 0 Å². The van der Waals surface area contributed by atoms with Crippen LogP contribution in [0.15, 0.2) is 41.8 Å². The number of amides is 1. The number of nitrogens with zero attached hydrogens (tertiary/aromatic N) is 3. The van der Waals surface area contributed by atoms with Gasteiger partial charge in [-0.2, -0.15) is 16.8 Å². The van der Waals surface area contributed by atoms with Crippen LogP contribution in [0.25, 0.3) is 0 Å². The van der Waals surface area contributed by atoms with E-state index in [1.54, 1.807) is 0 Å². The zero-order chi connectivity index (χ0) is 17.7. The molecule has 126 valence electrons. The lowest BCUT2D eigenvalue weighted by atomic mass is 10.3. The Balaban J connectivity index is 0.000000463. The molecule has 0 aliphatic carbocycles. The molecule has 1 amide bonds. The Hall–Kier alpha value is -2.35. The highest BCUT2D eigenvalue weighted by molar-refractivity contribution is 7.89. The van der Waals surface area contributed by atoms with Crippen molar-refractivity contribution in [1.29, 1.82) is 0 Å². The Bertz CT molecular complexity index is 850. The van der Waals surface area contributed by atoms with Gasteiger partial charge >= 0.3 is 10.4 Å². The van der Waals surface area contributed by atoms with Crippen molar-refractivity contribution in [3.8, 4) is 0 Å². The lowest BCUT2D eigenvalue weighted by Gasteiger charge is -2.05. The largest absolute Gasteiger partial charge is 0.394 e. The maximum atomic E-state index is 12.0. The van der Waals surface area contributed by atoms with Crippen LogP contribution in [0, 0.1) is 0 Å². The van der Waals surface area contributed by atoms with Crippen LogP contribution in [0.4, 0.5) is 5.69 Å². The summed E-state index contributed by atoms with van der Waals surface area (Å²) in [6.07, 6.45) is 2.25. The zero-order valence-electron chi connectivity index (χ0n) is 11.6. The average molecular weight is 364 g/mol. The van der Waals surface area contributed by atoms with Crippen LogP contribution < -0.4 is 5.32 Å². The van der Waals surface area contributed by atoms with Crippen molar-refractivity contribution in [3.05, 3.63) is 36.9 Å². The fourth-order valence-corrected chi connectivity index (χ4v) is 2.38. The number of carbonyl (C=O) groups is 1. The molecule has 11 nitrogen and oxygen atoms in total. The van der Waals surface area contributed by atoms with Crippen molar-refractivity contribution >= 4 is 32.0 Å². The molecule has 23 heavy (non-hydrogen) atoms. The second-order valence-electron chi connectivity index (χ2n) is 3.93. The molecule has 0 radical (unpaired) electrons. The third-order valence-corrected chi connectivity index (χ3v) is 3.67. The Morgan fingerprint density at radius 3 is 2.04 bits per heavy atom. The fraction of sp³-hybridized carbons (Fsp3) is 0.100. The number of carbonyl (C=O) groups excluding carboxylic acids is 1. The number of anilines is 1. The van der Waals surface area contributed by atoms with Gasteiger partial charge in [-0.3, -0.25) is 13.9 Å². The molecule has 0 atom stereocenters. The molecule has 1 aromatic carbocycles. The molecule has 13 heteroatoms. The summed E-state index contributed by atoms with van der Waals surface area (Å²) in [6.45, 7) is 1.38. The monoisotopic (exact) mass is 364 g/mol. The third kappa shape index (κ3) is 6.52. The van der Waals surface area contributed by atoms with Crippen LogP contribution >= 0.6 is 0 Å². The van der Waals surface area contributed by atoms with Crippen LogP contribution in [0.5, 0.6) is 0 Å². The van der Waals surface area contributed by atoms with Crippen molar-refractivity contribution in [2.75, 3.05) is 5.32 Å². The fourth-order valence-electron chi connectivity index (χ4n) is 1.34. The number of nitrogens with one attached hydrogen (secondary N) is 1. The predicted octanol–water partition coefficient (Wildman–Crippen LogP) is -0.179. The van der Waals surface area contributed by atoms with E-state index in [1.165, 1.54) is 31.2 Å². The predicted molar refractivity (Wildman–Crippen MR) is 77.5 cm³/mol. The molecule has 2 aromatic rings. The molecular formula is C10H12N4O7S2. The van der Waals surface area contributed by atoms with Gasteiger partial charge in [0.15, 0.2) is 0 Å². The molecule has 1 aromatic heterocycles. The summed E-state index contributed by atoms with van der Waals surface area (Å²) in [5.41, 5.74) is 0.528. The van der Waals surface area contributed by atoms with Gasteiger partial charge in [0.2, 0.25) is 5.91 Å². The van der Waals surface area contributed by atoms with Gasteiger partial charge in [-0.05, 0) is 24.3 Å². The Morgan fingerprint density at radius 1 is 1.13 bits per heavy atom. The molecule has 0 aliphatic heterocycles. The first-order chi connectivity index (χ1) is 10.5. The van der Waals surface area contributed by atoms with Gasteiger partial charge in [0, 0.05) is 12.6 Å². The van der Waals surface area contributed by atoms with Crippen LogP contribution in [0.1, 0.15) is 6.92 Å². The van der Waals surface area contributed by atoms with E-state index in [1.807, 2.05) is 0 Å². The van der Waals surface area contributed by atoms with Crippen molar-refractivity contribution in [2.45, 2.75) is 11.8 Å². The van der Waals surface area contributed by atoms with Gasteiger partial charge in [-0.25, -0.2) is 4.98 Å². The standard InChI is InChI=1S/C10H10N4O3S.H2O4S/c1-8(15)13-9-2-4-10(5-3-9)18(16,17)14-7-11-6-12-14;1-5(2,3)4/h2-7H,1H3,(H,13,15);(H2,1,2,3,4). The van der Waals surface area contributed by atoms with Gasteiger partial charge in [0.1, 0.15) is 12.7 Å². The van der Waals surface area contributed by atoms with Crippen molar-refractivity contribution in [3.63, 3.8) is 0 Å². The van der Waals surface area contributed by atoms with E-state index in [0.29, 0.717) is 5.69 Å². The Kier molecular flexibility index (Phi) is 5.91. The summed E-state index contributed by atoms with van der Waals surface area (Å²) in [5.74, 6) is -0.220. The van der Waals surface area contributed by atoms with Crippen molar-refractivity contribution in [2.24, 2.45) is 0 Å². The minimum Gasteiger partial charge on any atom is -0.326 e. The van der Waals surface area contributed by atoms with Crippen LogP contribution in [0.2, 0.25) is 0 Å². The SMILES string of the molecule is CC(=O)Nc1ccc(S(=O)(=O)n2cncn2)cc1.O=S(=O)(O)O. The van der Waals surface area contributed by atoms with Gasteiger partial charge in [-0.15, -0.1) is 9.19 Å². The second-order valence-corrected chi connectivity index (χ2v) is 6.62. The number of hydrogen-bond acceptors (Lipinski definition) is 7. The summed E-state index contributed by atoms with van der Waals surface area (Å²) in [5, 5.41) is 6.13. The lowest BCUT2D eigenvalue weighted by molar-refractivity contribution is -0.114. The van der Waals surface area contributed by atoms with Crippen LogP contribution in [0.3, 0.4) is 0 Å². The average Bonchev–Trinajstić information content (AvgIpc) is 2.91. The molecule has 0 fully saturated rings. The summed E-state index contributed by atoms with van der Waals surface area (Å²) in [6, 6.07) is 5.79. The minimum absolute atomic E-state index is 0.0714. The van der Waals surface area contributed by atoms with Crippen LogP contribution in [-0.4, -0.2) is 46.0 Å². The number of benzene rings is 1. The first kappa shape index (κ1) is 18.7. The smallest absolute Gasteiger partial charge is 0.326 e. The van der Waals surface area contributed by atoms with Crippen molar-refractivity contribution < 1.29 is 30.7 Å². The topological polar surface area (TPSA) is 169 Å². The summed E-state index contributed by atoms with van der Waals surface area (Å²) >= 11 is 0. The molecule has 0 saturated carbocycles. The highest BCUT2D eigenvalue weighted by atomic mass is 32.3. The molecule has 0 spiro atoms. The molecular weight excluding hydrogens is 352 g/mol. The Labute approximate surface area is 131 Å². The maximum absolute atomic E-state index is 12.0. The van der Waals surface area contributed by atoms with E-state index in [-0.39, 0.29) is 10.8 Å². The van der Waals surface area contributed by atoms with E-state index in [9.17, 15) is 13.2 Å². The minimum atomic E-state index is -4.67. The molecule has 0 unspecified atom stereocenters. The summed E-state index contributed by atoms with van der Waals surface area (Å²) in [4.78, 5) is 14.5. The summed E-state index contributed by atoms with van der Waals surface area (Å²) in [7, 11) is -8.38. The van der Waals surface area contributed by atoms with Crippen molar-refractivity contribution in [1.82, 2.24) is 14.2 Å². The first-order valence-electron chi connectivity index (χ1n) is 5.68. The maximum Gasteiger partial charge on any atom is 0.394 e. The first-order valence-corrected chi connectivity index (χ1v) is 8.51. The van der Waals surface area contributed by atoms with E-state index in [2.05, 4.69) is 15.4 Å². The van der Waals surface area contributed by atoms with E-state index in [4.69, 9.17) is 17.5 Å². The molecule has 0 bridgehead atoms. The summed E-state index contributed by atoms with van der Waals surface area (Å²) < 4.78 is 56.4. The van der Waals surface area contributed by atoms with E-state index in [0.717, 1.165) is 16.7 Å². The Morgan fingerprint density at radius 2 is 1.65 bits per heavy atom. The molecule has 1 heterocycles. The zero-order valence-corrected chi connectivity index (χ0v) is 13.2. The molecule has 3 N–H and O–H groups in total. The normalized spacial score (nSPS) is 11.3. The van der Waals surface area contributed by atoms with Gasteiger partial charge in [0.05, 0.1) is 4.90 Å². The number of hydrogen-bond donors (Lipinski definition) is 3. The molecule has 0 saturated heterocycles. The van der Waals surface area contributed by atoms with E-state index < -0.39 is 20.4 Å². The molecule has 0 aliphatic rings. The van der Waals surface area contributed by atoms with Gasteiger partial charge in [0.25, 0.3) is 10.0 Å². The highest BCUT2D eigenvalue weighted by Gasteiger charge is 2.17. The van der Waals surface area contributed by atoms with Crippen LogP contribution in [-0.2, 0) is 25.2 Å². The third-order valence-electron chi connectivity index (χ3n) is 2.12. The quantitative estimate of drug-likeness (QED) is 0.625. The number of aromatic nitrogens is 3. The second kappa shape index (κ2) is 7.28. The number of rotatable bonds is 3. The van der Waals surface area contributed by atoms with Gasteiger partial charge < -0.3 is 5.32 Å². The molecule has 2 rings (SSSR count).